The van der Waals surface area contributed by atoms with Crippen LogP contribution in [0.1, 0.15) is 32.0 Å². The van der Waals surface area contributed by atoms with Crippen LogP contribution in [0.15, 0.2) is 107 Å². The Hall–Kier alpha value is -4.39. The van der Waals surface area contributed by atoms with Crippen LogP contribution in [0.4, 0.5) is 5.69 Å². The summed E-state index contributed by atoms with van der Waals surface area (Å²) in [6.07, 6.45) is 5.95. The van der Waals surface area contributed by atoms with Crippen LogP contribution >= 0.6 is 23.2 Å². The lowest BCUT2D eigenvalue weighted by Crippen LogP contribution is -2.30. The summed E-state index contributed by atoms with van der Waals surface area (Å²) in [4.78, 5) is 38.4. The molecule has 0 atom stereocenters. The Morgan fingerprint density at radius 1 is 0.784 bits per heavy atom. The Morgan fingerprint density at radius 2 is 1.54 bits per heavy atom. The van der Waals surface area contributed by atoms with Crippen molar-refractivity contribution >= 4 is 58.6 Å². The predicted molar refractivity (Wildman–Crippen MR) is 145 cm³/mol. The first-order valence-electron chi connectivity index (χ1n) is 11.1. The lowest BCUT2D eigenvalue weighted by atomic mass is 10.1. The molecule has 0 radical (unpaired) electrons. The van der Waals surface area contributed by atoms with Gasteiger partial charge in [-0.2, -0.15) is 0 Å². The number of nitrogens with one attached hydrogen (secondary N) is 2. The van der Waals surface area contributed by atoms with E-state index in [4.69, 9.17) is 27.6 Å². The summed E-state index contributed by atoms with van der Waals surface area (Å²) in [5.41, 5.74) is 1.65. The summed E-state index contributed by atoms with van der Waals surface area (Å²) >= 11 is 12.4. The molecule has 0 bridgehead atoms. The average molecular weight is 531 g/mol. The van der Waals surface area contributed by atoms with E-state index in [1.807, 2.05) is 0 Å². The van der Waals surface area contributed by atoms with E-state index in [-0.39, 0.29) is 16.5 Å². The van der Waals surface area contributed by atoms with Gasteiger partial charge in [-0.15, -0.1) is 0 Å². The molecular formula is C29H20Cl2N2O4. The zero-order valence-corrected chi connectivity index (χ0v) is 20.8. The van der Waals surface area contributed by atoms with Crippen molar-refractivity contribution in [3.05, 3.63) is 135 Å². The topological polar surface area (TPSA) is 88.4 Å². The molecule has 0 spiro atoms. The highest BCUT2D eigenvalue weighted by atomic mass is 35.5. The maximum atomic E-state index is 13.2. The van der Waals surface area contributed by atoms with Gasteiger partial charge >= 0.3 is 0 Å². The highest BCUT2D eigenvalue weighted by Gasteiger charge is 2.16. The third kappa shape index (κ3) is 6.85. The van der Waals surface area contributed by atoms with Crippen LogP contribution in [-0.2, 0) is 4.79 Å². The van der Waals surface area contributed by atoms with Crippen LogP contribution in [-0.4, -0.2) is 17.6 Å². The summed E-state index contributed by atoms with van der Waals surface area (Å²) in [5, 5.41) is 5.93. The van der Waals surface area contributed by atoms with Crippen molar-refractivity contribution in [2.75, 3.05) is 5.32 Å². The van der Waals surface area contributed by atoms with Gasteiger partial charge in [0.25, 0.3) is 11.8 Å². The number of ketones is 1. The first-order chi connectivity index (χ1) is 17.9. The molecule has 1 aromatic heterocycles. The monoisotopic (exact) mass is 530 g/mol. The minimum Gasteiger partial charge on any atom is -0.465 e. The molecule has 0 saturated heterocycles. The van der Waals surface area contributed by atoms with Crippen LogP contribution in [0.5, 0.6) is 0 Å². The maximum Gasteiger partial charge on any atom is 0.272 e. The number of allylic oxidation sites excluding steroid dienone is 1. The van der Waals surface area contributed by atoms with E-state index in [1.54, 1.807) is 91.0 Å². The van der Waals surface area contributed by atoms with Gasteiger partial charge in [-0.1, -0.05) is 53.5 Å². The largest absolute Gasteiger partial charge is 0.465 e. The number of rotatable bonds is 8. The van der Waals surface area contributed by atoms with Crippen LogP contribution in [0.25, 0.3) is 12.2 Å². The summed E-state index contributed by atoms with van der Waals surface area (Å²) in [7, 11) is 0. The molecule has 2 amide bonds. The number of hydrogen-bond donors (Lipinski definition) is 2. The summed E-state index contributed by atoms with van der Waals surface area (Å²) in [5.74, 6) is -0.712. The van der Waals surface area contributed by atoms with E-state index in [1.165, 1.54) is 18.4 Å². The van der Waals surface area contributed by atoms with Gasteiger partial charge in [0.2, 0.25) is 0 Å². The normalized spacial score (nSPS) is 11.4. The van der Waals surface area contributed by atoms with Crippen molar-refractivity contribution in [1.82, 2.24) is 5.32 Å². The lowest BCUT2D eigenvalue weighted by molar-refractivity contribution is -0.113. The van der Waals surface area contributed by atoms with E-state index in [0.29, 0.717) is 33.2 Å². The average Bonchev–Trinajstić information content (AvgIpc) is 3.44. The molecule has 2 N–H and O–H groups in total. The van der Waals surface area contributed by atoms with Crippen LogP contribution in [0, 0.1) is 0 Å². The highest BCUT2D eigenvalue weighted by molar-refractivity contribution is 6.43. The standard InChI is InChI=1S/C29H20Cl2N2O4/c30-24-10-4-8-21(27(24)31)18-25(33-28(35)20-6-2-1-3-7-20)29(36)32-22-13-11-19(12-14-22)26(34)16-15-23-9-5-17-37-23/h1-18H,(H,32,36)(H,33,35)/b16-15+,25-18-. The van der Waals surface area contributed by atoms with E-state index in [2.05, 4.69) is 10.6 Å². The lowest BCUT2D eigenvalue weighted by Gasteiger charge is -2.12. The fraction of sp³-hybridized carbons (Fsp3) is 0. The third-order valence-electron chi connectivity index (χ3n) is 5.18. The van der Waals surface area contributed by atoms with E-state index < -0.39 is 11.8 Å². The number of furan rings is 1. The van der Waals surface area contributed by atoms with Gasteiger partial charge in [-0.05, 0) is 78.4 Å². The fourth-order valence-electron chi connectivity index (χ4n) is 3.29. The molecule has 0 unspecified atom stereocenters. The molecule has 37 heavy (non-hydrogen) atoms. The van der Waals surface area contributed by atoms with Crippen molar-refractivity contribution in [3.8, 4) is 0 Å². The molecule has 0 saturated carbocycles. The first kappa shape index (κ1) is 25.7. The third-order valence-corrected chi connectivity index (χ3v) is 6.01. The number of halogens is 2. The Bertz CT molecular complexity index is 1480. The molecule has 6 nitrogen and oxygen atoms in total. The van der Waals surface area contributed by atoms with E-state index in [9.17, 15) is 14.4 Å². The van der Waals surface area contributed by atoms with Crippen molar-refractivity contribution < 1.29 is 18.8 Å². The fourth-order valence-corrected chi connectivity index (χ4v) is 3.65. The Balaban J connectivity index is 1.53. The number of benzene rings is 3. The molecule has 0 aliphatic rings. The maximum absolute atomic E-state index is 13.2. The summed E-state index contributed by atoms with van der Waals surface area (Å²) in [6.45, 7) is 0. The van der Waals surface area contributed by atoms with Gasteiger partial charge in [0.05, 0.1) is 16.3 Å². The van der Waals surface area contributed by atoms with Gasteiger partial charge in [0.15, 0.2) is 5.78 Å². The van der Waals surface area contributed by atoms with Crippen LogP contribution in [0.3, 0.4) is 0 Å². The number of carbonyl (C=O) groups excluding carboxylic acids is 3. The van der Waals surface area contributed by atoms with Gasteiger partial charge < -0.3 is 15.1 Å². The second kappa shape index (κ2) is 12.0. The minimum atomic E-state index is -0.586. The molecule has 184 valence electrons. The molecular weight excluding hydrogens is 511 g/mol. The smallest absolute Gasteiger partial charge is 0.272 e. The van der Waals surface area contributed by atoms with Crippen molar-refractivity contribution in [1.29, 1.82) is 0 Å². The van der Waals surface area contributed by atoms with Gasteiger partial charge in [0, 0.05) is 16.8 Å². The summed E-state index contributed by atoms with van der Waals surface area (Å²) < 4.78 is 5.18. The molecule has 4 rings (SSSR count). The second-order valence-corrected chi connectivity index (χ2v) is 8.55. The Labute approximate surface area is 223 Å². The molecule has 8 heteroatoms. The van der Waals surface area contributed by atoms with Crippen LogP contribution < -0.4 is 10.6 Å². The number of carbonyl (C=O) groups is 3. The SMILES string of the molecule is O=C(Nc1ccc(C(=O)/C=C/c2ccco2)cc1)/C(=C/c1cccc(Cl)c1Cl)NC(=O)c1ccccc1. The minimum absolute atomic E-state index is 0.0421. The number of hydrogen-bond acceptors (Lipinski definition) is 4. The van der Waals surface area contributed by atoms with Crippen molar-refractivity contribution in [2.45, 2.75) is 0 Å². The molecule has 1 heterocycles. The van der Waals surface area contributed by atoms with Gasteiger partial charge in [0.1, 0.15) is 11.5 Å². The van der Waals surface area contributed by atoms with Crippen molar-refractivity contribution in [3.63, 3.8) is 0 Å². The molecule has 0 aliphatic carbocycles. The Morgan fingerprint density at radius 3 is 2.24 bits per heavy atom. The van der Waals surface area contributed by atoms with Crippen molar-refractivity contribution in [2.24, 2.45) is 0 Å². The first-order valence-corrected chi connectivity index (χ1v) is 11.9. The van der Waals surface area contributed by atoms with Gasteiger partial charge in [-0.3, -0.25) is 14.4 Å². The predicted octanol–water partition coefficient (Wildman–Crippen LogP) is 6.89. The molecule has 0 fully saturated rings. The zero-order chi connectivity index (χ0) is 26.2. The highest BCUT2D eigenvalue weighted by Crippen LogP contribution is 2.27. The van der Waals surface area contributed by atoms with Crippen LogP contribution in [0.2, 0.25) is 10.0 Å². The molecule has 4 aromatic rings. The zero-order valence-electron chi connectivity index (χ0n) is 19.3. The Kier molecular flexibility index (Phi) is 8.36. The molecule has 3 aromatic carbocycles. The second-order valence-electron chi connectivity index (χ2n) is 7.77. The van der Waals surface area contributed by atoms with Gasteiger partial charge in [-0.25, -0.2) is 0 Å². The quantitative estimate of drug-likeness (QED) is 0.191. The summed E-state index contributed by atoms with van der Waals surface area (Å²) in [6, 6.07) is 23.3. The number of amides is 2. The molecule has 0 aliphatic heterocycles. The van der Waals surface area contributed by atoms with E-state index in [0.717, 1.165) is 0 Å². The number of anilines is 1. The van der Waals surface area contributed by atoms with E-state index >= 15 is 0 Å².